The van der Waals surface area contributed by atoms with E-state index in [2.05, 4.69) is 18.9 Å². The molecule has 1 heterocycles. The van der Waals surface area contributed by atoms with Gasteiger partial charge < -0.3 is 0 Å². The second-order valence-electron chi connectivity index (χ2n) is 3.37. The van der Waals surface area contributed by atoms with Gasteiger partial charge in [0.05, 0.1) is 0 Å². The van der Waals surface area contributed by atoms with Crippen LogP contribution >= 0.6 is 0 Å². The number of ketones is 1. The molecule has 1 aromatic heterocycles. The van der Waals surface area contributed by atoms with E-state index >= 15 is 0 Å². The average molecular weight is 166 g/mol. The number of nitrogens with zero attached hydrogens (tertiary/aromatic N) is 2. The van der Waals surface area contributed by atoms with E-state index in [4.69, 9.17) is 0 Å². The largest absolute Gasteiger partial charge is 0.293 e. The van der Waals surface area contributed by atoms with E-state index in [0.29, 0.717) is 11.6 Å². The quantitative estimate of drug-likeness (QED) is 0.641. The van der Waals surface area contributed by atoms with Gasteiger partial charge in [0, 0.05) is 19.7 Å². The van der Waals surface area contributed by atoms with E-state index in [9.17, 15) is 4.79 Å². The summed E-state index contributed by atoms with van der Waals surface area (Å²) < 4.78 is 1.81. The Morgan fingerprint density at radius 1 is 1.67 bits per heavy atom. The second kappa shape index (κ2) is 3.52. The molecule has 12 heavy (non-hydrogen) atoms. The van der Waals surface area contributed by atoms with Gasteiger partial charge in [-0.2, -0.15) is 5.10 Å². The molecule has 1 aromatic rings. The number of Topliss-reactive ketones (excluding diaryl/α,β-unsaturated/α-hetero) is 1. The molecular formula is C9H14N2O. The van der Waals surface area contributed by atoms with Crippen molar-refractivity contribution >= 4 is 5.78 Å². The Hall–Kier alpha value is -1.12. The fraction of sp³-hybridized carbons (Fsp3) is 0.556. The van der Waals surface area contributed by atoms with Crippen molar-refractivity contribution in [2.45, 2.75) is 27.3 Å². The Balaban J connectivity index is 2.71. The third kappa shape index (κ3) is 2.19. The highest BCUT2D eigenvalue weighted by Gasteiger charge is 2.03. The van der Waals surface area contributed by atoms with Crippen molar-refractivity contribution in [1.82, 2.24) is 9.78 Å². The van der Waals surface area contributed by atoms with Gasteiger partial charge in [0.15, 0.2) is 5.78 Å². The Kier molecular flexibility index (Phi) is 2.63. The maximum Gasteiger partial charge on any atom is 0.179 e. The minimum atomic E-state index is 0.0255. The van der Waals surface area contributed by atoms with Crippen LogP contribution in [0.5, 0.6) is 0 Å². The number of hydrogen-bond acceptors (Lipinski definition) is 2. The van der Waals surface area contributed by atoms with E-state index in [1.807, 2.05) is 6.20 Å². The lowest BCUT2D eigenvalue weighted by Gasteiger charge is -2.03. The lowest BCUT2D eigenvalue weighted by molar-refractivity contribution is 0.101. The van der Waals surface area contributed by atoms with Gasteiger partial charge in [-0.15, -0.1) is 0 Å². The van der Waals surface area contributed by atoms with E-state index < -0.39 is 0 Å². The predicted octanol–water partition coefficient (Wildman–Crippen LogP) is 1.74. The second-order valence-corrected chi connectivity index (χ2v) is 3.37. The summed E-state index contributed by atoms with van der Waals surface area (Å²) in [5.41, 5.74) is 0.552. The Labute approximate surface area is 72.4 Å². The van der Waals surface area contributed by atoms with E-state index in [0.717, 1.165) is 6.54 Å². The molecule has 0 N–H and O–H groups in total. The van der Waals surface area contributed by atoms with E-state index in [1.165, 1.54) is 6.92 Å². The van der Waals surface area contributed by atoms with Crippen LogP contribution < -0.4 is 0 Å². The Morgan fingerprint density at radius 3 is 2.75 bits per heavy atom. The lowest BCUT2D eigenvalue weighted by Crippen LogP contribution is -2.06. The maximum atomic E-state index is 10.9. The van der Waals surface area contributed by atoms with Crippen LogP contribution in [0.1, 0.15) is 31.3 Å². The molecule has 0 radical (unpaired) electrons. The number of carbonyl (C=O) groups is 1. The van der Waals surface area contributed by atoms with Crippen molar-refractivity contribution in [3.63, 3.8) is 0 Å². The van der Waals surface area contributed by atoms with Gasteiger partial charge in [-0.05, 0) is 12.0 Å². The van der Waals surface area contributed by atoms with Gasteiger partial charge in [-0.3, -0.25) is 9.48 Å². The van der Waals surface area contributed by atoms with Crippen molar-refractivity contribution in [2.75, 3.05) is 0 Å². The Bertz CT molecular complexity index is 276. The van der Waals surface area contributed by atoms with Crippen molar-refractivity contribution in [3.8, 4) is 0 Å². The smallest absolute Gasteiger partial charge is 0.179 e. The first-order valence-electron chi connectivity index (χ1n) is 4.14. The summed E-state index contributed by atoms with van der Waals surface area (Å²) in [5.74, 6) is 0.585. The van der Waals surface area contributed by atoms with Crippen LogP contribution in [0.2, 0.25) is 0 Å². The third-order valence-electron chi connectivity index (χ3n) is 1.55. The maximum absolute atomic E-state index is 10.9. The molecule has 0 saturated heterocycles. The van der Waals surface area contributed by atoms with Crippen LogP contribution in [-0.4, -0.2) is 15.6 Å². The molecule has 1 rings (SSSR count). The standard InChI is InChI=1S/C9H14N2O/c1-7(2)6-11-5-4-9(10-11)8(3)12/h4-5,7H,6H2,1-3H3. The summed E-state index contributed by atoms with van der Waals surface area (Å²) in [6.45, 7) is 6.64. The first kappa shape index (κ1) is 8.97. The zero-order chi connectivity index (χ0) is 9.14. The summed E-state index contributed by atoms with van der Waals surface area (Å²) in [6.07, 6.45) is 1.84. The number of carbonyl (C=O) groups excluding carboxylic acids is 1. The molecule has 3 heteroatoms. The average Bonchev–Trinajstić information content (AvgIpc) is 2.34. The first-order chi connectivity index (χ1) is 5.59. The molecule has 0 amide bonds. The van der Waals surface area contributed by atoms with Crippen LogP contribution in [0.15, 0.2) is 12.3 Å². The summed E-state index contributed by atoms with van der Waals surface area (Å²) in [4.78, 5) is 10.9. The van der Waals surface area contributed by atoms with Crippen molar-refractivity contribution in [3.05, 3.63) is 18.0 Å². The minimum absolute atomic E-state index is 0.0255. The molecular weight excluding hydrogens is 152 g/mol. The highest BCUT2D eigenvalue weighted by molar-refractivity contribution is 5.91. The third-order valence-corrected chi connectivity index (χ3v) is 1.55. The highest BCUT2D eigenvalue weighted by atomic mass is 16.1. The van der Waals surface area contributed by atoms with Gasteiger partial charge in [0.2, 0.25) is 0 Å². The summed E-state index contributed by atoms with van der Waals surface area (Å²) >= 11 is 0. The number of rotatable bonds is 3. The molecule has 0 fully saturated rings. The van der Waals surface area contributed by atoms with Gasteiger partial charge in [0.25, 0.3) is 0 Å². The van der Waals surface area contributed by atoms with Crippen LogP contribution in [0.25, 0.3) is 0 Å². The molecule has 0 aliphatic heterocycles. The fourth-order valence-electron chi connectivity index (χ4n) is 1.03. The van der Waals surface area contributed by atoms with Gasteiger partial charge in [-0.1, -0.05) is 13.8 Å². The fourth-order valence-corrected chi connectivity index (χ4v) is 1.03. The van der Waals surface area contributed by atoms with E-state index in [-0.39, 0.29) is 5.78 Å². The van der Waals surface area contributed by atoms with Crippen LogP contribution in [0.3, 0.4) is 0 Å². The topological polar surface area (TPSA) is 34.9 Å². The molecule has 3 nitrogen and oxygen atoms in total. The van der Waals surface area contributed by atoms with Gasteiger partial charge in [0.1, 0.15) is 5.69 Å². The van der Waals surface area contributed by atoms with Crippen molar-refractivity contribution < 1.29 is 4.79 Å². The summed E-state index contributed by atoms with van der Waals surface area (Å²) in [6, 6.07) is 1.75. The molecule has 66 valence electrons. The van der Waals surface area contributed by atoms with Crippen LogP contribution in [0.4, 0.5) is 0 Å². The van der Waals surface area contributed by atoms with Gasteiger partial charge in [-0.25, -0.2) is 0 Å². The Morgan fingerprint density at radius 2 is 2.33 bits per heavy atom. The zero-order valence-corrected chi connectivity index (χ0v) is 7.74. The molecule has 0 spiro atoms. The van der Waals surface area contributed by atoms with Crippen LogP contribution in [0, 0.1) is 5.92 Å². The predicted molar refractivity (Wildman–Crippen MR) is 47.1 cm³/mol. The first-order valence-corrected chi connectivity index (χ1v) is 4.14. The normalized spacial score (nSPS) is 10.7. The van der Waals surface area contributed by atoms with Gasteiger partial charge >= 0.3 is 0 Å². The molecule has 0 atom stereocenters. The van der Waals surface area contributed by atoms with Crippen molar-refractivity contribution in [1.29, 1.82) is 0 Å². The molecule has 0 saturated carbocycles. The molecule has 0 aliphatic carbocycles. The monoisotopic (exact) mass is 166 g/mol. The highest BCUT2D eigenvalue weighted by Crippen LogP contribution is 2.00. The molecule has 0 aromatic carbocycles. The summed E-state index contributed by atoms with van der Waals surface area (Å²) in [7, 11) is 0. The molecule has 0 aliphatic rings. The minimum Gasteiger partial charge on any atom is -0.293 e. The molecule has 0 bridgehead atoms. The summed E-state index contributed by atoms with van der Waals surface area (Å²) in [5, 5.41) is 4.12. The van der Waals surface area contributed by atoms with E-state index in [1.54, 1.807) is 10.7 Å². The van der Waals surface area contributed by atoms with Crippen molar-refractivity contribution in [2.24, 2.45) is 5.92 Å². The zero-order valence-electron chi connectivity index (χ0n) is 7.74. The molecule has 0 unspecified atom stereocenters. The lowest BCUT2D eigenvalue weighted by atomic mass is 10.2. The van der Waals surface area contributed by atoms with Crippen LogP contribution in [-0.2, 0) is 6.54 Å². The number of aromatic nitrogens is 2. The number of hydrogen-bond donors (Lipinski definition) is 0. The SMILES string of the molecule is CC(=O)c1ccn(CC(C)C)n1.